The fraction of sp³-hybridized carbons (Fsp3) is 0.467. The van der Waals surface area contributed by atoms with Gasteiger partial charge in [0.15, 0.2) is 0 Å². The van der Waals surface area contributed by atoms with Gasteiger partial charge >= 0.3 is 7.12 Å². The first-order valence-corrected chi connectivity index (χ1v) is 6.57. The van der Waals surface area contributed by atoms with Crippen molar-refractivity contribution in [3.8, 4) is 12.1 Å². The Morgan fingerprint density at radius 3 is 2.20 bits per heavy atom. The molecule has 0 atom stereocenters. The second-order valence-corrected chi connectivity index (χ2v) is 5.91. The largest absolute Gasteiger partial charge is 0.496 e. The fourth-order valence-corrected chi connectivity index (χ4v) is 2.19. The van der Waals surface area contributed by atoms with Gasteiger partial charge in [0.25, 0.3) is 0 Å². The summed E-state index contributed by atoms with van der Waals surface area (Å²) in [6, 6.07) is 9.62. The normalized spacial score (nSPS) is 19.4. The van der Waals surface area contributed by atoms with E-state index >= 15 is 0 Å². The Kier molecular flexibility index (Phi) is 3.60. The van der Waals surface area contributed by atoms with Crippen LogP contribution in [0.15, 0.2) is 18.2 Å². The van der Waals surface area contributed by atoms with Crippen molar-refractivity contribution in [2.75, 3.05) is 0 Å². The Morgan fingerprint density at radius 2 is 1.70 bits per heavy atom. The van der Waals surface area contributed by atoms with Crippen molar-refractivity contribution in [3.63, 3.8) is 0 Å². The molecule has 0 unspecified atom stereocenters. The van der Waals surface area contributed by atoms with Crippen molar-refractivity contribution in [3.05, 3.63) is 29.3 Å². The highest BCUT2D eigenvalue weighted by Gasteiger charge is 2.52. The molecule has 1 aromatic carbocycles. The molecular formula is C15H17BN2O2. The second kappa shape index (κ2) is 4.94. The van der Waals surface area contributed by atoms with Gasteiger partial charge in [-0.05, 0) is 39.3 Å². The van der Waals surface area contributed by atoms with E-state index in [-0.39, 0.29) is 6.42 Å². The highest BCUT2D eigenvalue weighted by atomic mass is 16.7. The molecule has 0 radical (unpaired) electrons. The zero-order valence-corrected chi connectivity index (χ0v) is 12.2. The molecule has 4 nitrogen and oxygen atoms in total. The van der Waals surface area contributed by atoms with Crippen LogP contribution in [0.2, 0.25) is 0 Å². The predicted molar refractivity (Wildman–Crippen MR) is 76.2 cm³/mol. The van der Waals surface area contributed by atoms with Crippen molar-refractivity contribution in [1.29, 1.82) is 10.5 Å². The summed E-state index contributed by atoms with van der Waals surface area (Å²) in [5, 5.41) is 18.2. The number of hydrogen-bond donors (Lipinski definition) is 0. The quantitative estimate of drug-likeness (QED) is 0.768. The zero-order valence-electron chi connectivity index (χ0n) is 12.2. The number of nitrogens with zero attached hydrogens (tertiary/aromatic N) is 2. The smallest absolute Gasteiger partial charge is 0.399 e. The molecule has 1 fully saturated rings. The van der Waals surface area contributed by atoms with Crippen molar-refractivity contribution < 1.29 is 9.31 Å². The number of hydrogen-bond acceptors (Lipinski definition) is 4. The maximum atomic E-state index is 9.29. The predicted octanol–water partition coefficient (Wildman–Crippen LogP) is 1.92. The first kappa shape index (κ1) is 14.6. The minimum Gasteiger partial charge on any atom is -0.399 e. The summed E-state index contributed by atoms with van der Waals surface area (Å²) in [5.41, 5.74) is 1.02. The van der Waals surface area contributed by atoms with Crippen molar-refractivity contribution in [2.24, 2.45) is 0 Å². The van der Waals surface area contributed by atoms with Crippen LogP contribution in [0.4, 0.5) is 0 Å². The maximum absolute atomic E-state index is 9.29. The lowest BCUT2D eigenvalue weighted by Gasteiger charge is -2.32. The van der Waals surface area contributed by atoms with Gasteiger partial charge in [-0.1, -0.05) is 12.1 Å². The van der Waals surface area contributed by atoms with Gasteiger partial charge in [0.05, 0.1) is 35.3 Å². The van der Waals surface area contributed by atoms with Crippen LogP contribution in [0.1, 0.15) is 38.8 Å². The molecule has 102 valence electrons. The van der Waals surface area contributed by atoms with Gasteiger partial charge in [-0.3, -0.25) is 0 Å². The third-order valence-electron chi connectivity index (χ3n) is 4.08. The van der Waals surface area contributed by atoms with E-state index < -0.39 is 18.3 Å². The van der Waals surface area contributed by atoms with Crippen molar-refractivity contribution >= 4 is 12.6 Å². The molecule has 0 spiro atoms. The Bertz CT molecular complexity index is 595. The van der Waals surface area contributed by atoms with E-state index in [1.807, 2.05) is 33.8 Å². The van der Waals surface area contributed by atoms with E-state index in [1.165, 1.54) is 0 Å². The summed E-state index contributed by atoms with van der Waals surface area (Å²) in [5.74, 6) is 0. The fourth-order valence-electron chi connectivity index (χ4n) is 2.19. The van der Waals surface area contributed by atoms with Crippen LogP contribution in [0.25, 0.3) is 0 Å². The van der Waals surface area contributed by atoms with Gasteiger partial charge in [-0.25, -0.2) is 0 Å². The molecule has 1 saturated heterocycles. The lowest BCUT2D eigenvalue weighted by atomic mass is 9.72. The Hall–Kier alpha value is -1.82. The Morgan fingerprint density at radius 1 is 1.10 bits per heavy atom. The van der Waals surface area contributed by atoms with Gasteiger partial charge < -0.3 is 9.31 Å². The summed E-state index contributed by atoms with van der Waals surface area (Å²) in [6.45, 7) is 7.86. The standard InChI is InChI=1S/C15H17BN2O2/c1-14(2)15(3,4)20-16(19-14)13-11(8-9-17)6-5-7-12(13)10-18/h5-7H,8H2,1-4H3. The lowest BCUT2D eigenvalue weighted by molar-refractivity contribution is 0.00578. The maximum Gasteiger partial charge on any atom is 0.496 e. The molecule has 0 saturated carbocycles. The highest BCUT2D eigenvalue weighted by molar-refractivity contribution is 6.63. The van der Waals surface area contributed by atoms with Crippen LogP contribution in [0.3, 0.4) is 0 Å². The topological polar surface area (TPSA) is 66.0 Å². The number of nitriles is 2. The lowest BCUT2D eigenvalue weighted by Crippen LogP contribution is -2.41. The first-order chi connectivity index (χ1) is 9.32. The molecule has 0 bridgehead atoms. The van der Waals surface area contributed by atoms with Crippen molar-refractivity contribution in [1.82, 2.24) is 0 Å². The van der Waals surface area contributed by atoms with E-state index in [0.29, 0.717) is 11.0 Å². The third kappa shape index (κ3) is 2.31. The van der Waals surface area contributed by atoms with Gasteiger partial charge in [-0.2, -0.15) is 10.5 Å². The van der Waals surface area contributed by atoms with Crippen LogP contribution < -0.4 is 5.46 Å². The summed E-state index contributed by atoms with van der Waals surface area (Å²) >= 11 is 0. The van der Waals surface area contributed by atoms with Crippen LogP contribution >= 0.6 is 0 Å². The molecular weight excluding hydrogens is 251 g/mol. The Labute approximate surface area is 120 Å². The molecule has 1 heterocycles. The molecule has 1 aliphatic rings. The molecule has 0 aromatic heterocycles. The van der Waals surface area contributed by atoms with E-state index in [9.17, 15) is 5.26 Å². The van der Waals surface area contributed by atoms with Gasteiger partial charge in [0, 0.05) is 5.46 Å². The SMILES string of the molecule is CC1(C)OB(c2c(C#N)cccc2CC#N)OC1(C)C. The summed E-state index contributed by atoms with van der Waals surface area (Å²) in [7, 11) is -0.612. The first-order valence-electron chi connectivity index (χ1n) is 6.57. The average molecular weight is 268 g/mol. The molecule has 2 rings (SSSR count). The Balaban J connectivity index is 2.49. The van der Waals surface area contributed by atoms with Crippen LogP contribution in [0.5, 0.6) is 0 Å². The second-order valence-electron chi connectivity index (χ2n) is 5.91. The van der Waals surface area contributed by atoms with E-state index in [1.54, 1.807) is 12.1 Å². The monoisotopic (exact) mass is 268 g/mol. The van der Waals surface area contributed by atoms with Gasteiger partial charge in [-0.15, -0.1) is 0 Å². The third-order valence-corrected chi connectivity index (χ3v) is 4.08. The van der Waals surface area contributed by atoms with Gasteiger partial charge in [0.1, 0.15) is 0 Å². The van der Waals surface area contributed by atoms with E-state index in [2.05, 4.69) is 12.1 Å². The van der Waals surface area contributed by atoms with E-state index in [0.717, 1.165) is 5.56 Å². The molecule has 1 aliphatic heterocycles. The van der Waals surface area contributed by atoms with Crippen molar-refractivity contribution in [2.45, 2.75) is 45.3 Å². The molecule has 20 heavy (non-hydrogen) atoms. The van der Waals surface area contributed by atoms with Crippen LogP contribution in [-0.2, 0) is 15.7 Å². The number of benzene rings is 1. The molecule has 0 N–H and O–H groups in total. The highest BCUT2D eigenvalue weighted by Crippen LogP contribution is 2.36. The van der Waals surface area contributed by atoms with Crippen LogP contribution in [-0.4, -0.2) is 18.3 Å². The minimum atomic E-state index is -0.612. The average Bonchev–Trinajstić information content (AvgIpc) is 2.58. The molecule has 5 heteroatoms. The van der Waals surface area contributed by atoms with Crippen LogP contribution in [0, 0.1) is 22.7 Å². The summed E-state index contributed by atoms with van der Waals surface area (Å²) < 4.78 is 12.0. The molecule has 0 amide bonds. The van der Waals surface area contributed by atoms with Gasteiger partial charge in [0.2, 0.25) is 0 Å². The van der Waals surface area contributed by atoms with E-state index in [4.69, 9.17) is 14.6 Å². The zero-order chi connectivity index (χ0) is 15.0. The summed E-state index contributed by atoms with van der Waals surface area (Å²) in [6.07, 6.45) is 0.231. The summed E-state index contributed by atoms with van der Waals surface area (Å²) in [4.78, 5) is 0. The molecule has 1 aromatic rings. The number of rotatable bonds is 2. The molecule has 0 aliphatic carbocycles. The minimum absolute atomic E-state index is 0.231.